The lowest BCUT2D eigenvalue weighted by atomic mass is 9.94. The Labute approximate surface area is 89.3 Å². The highest BCUT2D eigenvalue weighted by molar-refractivity contribution is 5.42. The lowest BCUT2D eigenvalue weighted by Gasteiger charge is -2.32. The number of rotatable bonds is 2. The normalized spacial score (nSPS) is 18.1. The second kappa shape index (κ2) is 4.47. The lowest BCUT2D eigenvalue weighted by Crippen LogP contribution is -2.34. The van der Waals surface area contributed by atoms with E-state index in [9.17, 15) is 4.79 Å². The van der Waals surface area contributed by atoms with Crippen molar-refractivity contribution in [3.63, 3.8) is 0 Å². The molecule has 2 heterocycles. The predicted molar refractivity (Wildman–Crippen MR) is 60.1 cm³/mol. The third-order valence-corrected chi connectivity index (χ3v) is 3.21. The molecule has 0 atom stereocenters. The molecule has 4 heteroatoms. The van der Waals surface area contributed by atoms with Gasteiger partial charge in [-0.15, -0.1) is 0 Å². The van der Waals surface area contributed by atoms with Crippen LogP contribution in [0.2, 0.25) is 0 Å². The largest absolute Gasteiger partial charge is 0.370 e. The summed E-state index contributed by atoms with van der Waals surface area (Å²) in [4.78, 5) is 13.4. The summed E-state index contributed by atoms with van der Waals surface area (Å²) in [6, 6.07) is 1.62. The summed E-state index contributed by atoms with van der Waals surface area (Å²) in [5, 5.41) is 6.22. The van der Waals surface area contributed by atoms with Crippen LogP contribution >= 0.6 is 0 Å². The Bertz CT molecular complexity index is 366. The lowest BCUT2D eigenvalue weighted by molar-refractivity contribution is 0.395. The highest BCUT2D eigenvalue weighted by atomic mass is 16.1. The van der Waals surface area contributed by atoms with Crippen molar-refractivity contribution in [3.05, 3.63) is 22.6 Å². The maximum absolute atomic E-state index is 11.1. The van der Waals surface area contributed by atoms with E-state index in [1.165, 1.54) is 19.3 Å². The van der Waals surface area contributed by atoms with Gasteiger partial charge in [0.2, 0.25) is 0 Å². The fourth-order valence-corrected chi connectivity index (χ4v) is 2.14. The van der Waals surface area contributed by atoms with Gasteiger partial charge in [-0.05, 0) is 18.8 Å². The summed E-state index contributed by atoms with van der Waals surface area (Å²) in [5.74, 6) is 0.858. The van der Waals surface area contributed by atoms with Crippen molar-refractivity contribution in [2.24, 2.45) is 5.92 Å². The molecule has 0 amide bonds. The van der Waals surface area contributed by atoms with Crippen LogP contribution in [0, 0.1) is 5.92 Å². The van der Waals surface area contributed by atoms with Crippen molar-refractivity contribution in [2.45, 2.75) is 26.2 Å². The van der Waals surface area contributed by atoms with E-state index in [1.807, 2.05) is 0 Å². The van der Waals surface area contributed by atoms with E-state index >= 15 is 0 Å². The van der Waals surface area contributed by atoms with E-state index in [0.29, 0.717) is 0 Å². The molecule has 0 spiro atoms. The first-order chi connectivity index (χ1) is 7.29. The van der Waals surface area contributed by atoms with Gasteiger partial charge in [0.15, 0.2) is 0 Å². The first-order valence-corrected chi connectivity index (χ1v) is 5.59. The van der Waals surface area contributed by atoms with Crippen molar-refractivity contribution in [2.75, 3.05) is 18.0 Å². The van der Waals surface area contributed by atoms with Crippen LogP contribution in [0.5, 0.6) is 0 Å². The second-order valence-electron chi connectivity index (χ2n) is 4.14. The number of aromatic amines is 1. The molecule has 1 aromatic heterocycles. The van der Waals surface area contributed by atoms with E-state index in [0.717, 1.165) is 24.7 Å². The SMILES string of the molecule is CCC1CCN(c2cn[nH]c(=O)c2)CC1. The van der Waals surface area contributed by atoms with Crippen molar-refractivity contribution < 1.29 is 0 Å². The Balaban J connectivity index is 2.04. The number of piperidine rings is 1. The van der Waals surface area contributed by atoms with Gasteiger partial charge in [0.1, 0.15) is 0 Å². The number of hydrogen-bond donors (Lipinski definition) is 1. The van der Waals surface area contributed by atoms with Crippen LogP contribution < -0.4 is 10.5 Å². The summed E-state index contributed by atoms with van der Waals surface area (Å²) in [5.41, 5.74) is 0.832. The van der Waals surface area contributed by atoms with Crippen molar-refractivity contribution in [1.82, 2.24) is 10.2 Å². The van der Waals surface area contributed by atoms with E-state index in [4.69, 9.17) is 0 Å². The Morgan fingerprint density at radius 1 is 1.53 bits per heavy atom. The summed E-state index contributed by atoms with van der Waals surface area (Å²) in [6.45, 7) is 4.34. The first-order valence-electron chi connectivity index (χ1n) is 5.59. The zero-order valence-corrected chi connectivity index (χ0v) is 9.07. The van der Waals surface area contributed by atoms with E-state index in [2.05, 4.69) is 22.0 Å². The summed E-state index contributed by atoms with van der Waals surface area (Å²) in [7, 11) is 0. The van der Waals surface area contributed by atoms with Crippen LogP contribution in [0.4, 0.5) is 5.69 Å². The van der Waals surface area contributed by atoms with Crippen molar-refractivity contribution >= 4 is 5.69 Å². The molecule has 0 radical (unpaired) electrons. The molecule has 0 aliphatic carbocycles. The summed E-state index contributed by atoms with van der Waals surface area (Å²) < 4.78 is 0. The van der Waals surface area contributed by atoms with Gasteiger partial charge >= 0.3 is 0 Å². The number of anilines is 1. The zero-order chi connectivity index (χ0) is 10.7. The van der Waals surface area contributed by atoms with Gasteiger partial charge in [0, 0.05) is 19.2 Å². The average molecular weight is 207 g/mol. The van der Waals surface area contributed by atoms with Crippen LogP contribution in [0.1, 0.15) is 26.2 Å². The third kappa shape index (κ3) is 2.37. The van der Waals surface area contributed by atoms with Crippen molar-refractivity contribution in [1.29, 1.82) is 0 Å². The Morgan fingerprint density at radius 3 is 2.87 bits per heavy atom. The highest BCUT2D eigenvalue weighted by Gasteiger charge is 2.18. The molecule has 0 aromatic carbocycles. The number of nitrogens with one attached hydrogen (secondary N) is 1. The molecule has 82 valence electrons. The zero-order valence-electron chi connectivity index (χ0n) is 9.07. The fraction of sp³-hybridized carbons (Fsp3) is 0.636. The van der Waals surface area contributed by atoms with Gasteiger partial charge in [-0.25, -0.2) is 5.10 Å². The molecule has 1 aliphatic heterocycles. The number of nitrogens with zero attached hydrogens (tertiary/aromatic N) is 2. The third-order valence-electron chi connectivity index (χ3n) is 3.21. The maximum atomic E-state index is 11.1. The minimum absolute atomic E-state index is 0.120. The molecule has 15 heavy (non-hydrogen) atoms. The minimum Gasteiger partial charge on any atom is -0.370 e. The summed E-state index contributed by atoms with van der Waals surface area (Å²) >= 11 is 0. The molecule has 2 rings (SSSR count). The van der Waals surface area contributed by atoms with Crippen LogP contribution in [0.25, 0.3) is 0 Å². The van der Waals surface area contributed by atoms with Gasteiger partial charge in [-0.2, -0.15) is 5.10 Å². The molecule has 0 bridgehead atoms. The predicted octanol–water partition coefficient (Wildman–Crippen LogP) is 1.40. The maximum Gasteiger partial charge on any atom is 0.266 e. The van der Waals surface area contributed by atoms with E-state index in [1.54, 1.807) is 12.3 Å². The Kier molecular flexibility index (Phi) is 3.04. The molecule has 1 aromatic rings. The standard InChI is InChI=1S/C11H17N3O/c1-2-9-3-5-14(6-4-9)10-7-11(15)13-12-8-10/h7-9H,2-6H2,1H3,(H,13,15). The van der Waals surface area contributed by atoms with E-state index < -0.39 is 0 Å². The van der Waals surface area contributed by atoms with E-state index in [-0.39, 0.29) is 5.56 Å². The Hall–Kier alpha value is -1.32. The molecular formula is C11H17N3O. The average Bonchev–Trinajstić information content (AvgIpc) is 2.29. The van der Waals surface area contributed by atoms with Crippen molar-refractivity contribution in [3.8, 4) is 0 Å². The molecule has 1 aliphatic rings. The number of hydrogen-bond acceptors (Lipinski definition) is 3. The fourth-order valence-electron chi connectivity index (χ4n) is 2.14. The number of H-pyrrole nitrogens is 1. The van der Waals surface area contributed by atoms with Crippen LogP contribution in [0.15, 0.2) is 17.1 Å². The molecule has 1 saturated heterocycles. The Morgan fingerprint density at radius 2 is 2.27 bits per heavy atom. The highest BCUT2D eigenvalue weighted by Crippen LogP contribution is 2.23. The smallest absolute Gasteiger partial charge is 0.266 e. The molecule has 4 nitrogen and oxygen atoms in total. The minimum atomic E-state index is -0.120. The van der Waals surface area contributed by atoms with Gasteiger partial charge < -0.3 is 4.90 Å². The van der Waals surface area contributed by atoms with Crippen LogP contribution in [-0.2, 0) is 0 Å². The molecule has 0 unspecified atom stereocenters. The van der Waals surface area contributed by atoms with Crippen LogP contribution in [0.3, 0.4) is 0 Å². The van der Waals surface area contributed by atoms with Gasteiger partial charge in [-0.3, -0.25) is 4.79 Å². The van der Waals surface area contributed by atoms with Gasteiger partial charge in [0.05, 0.1) is 11.9 Å². The second-order valence-corrected chi connectivity index (χ2v) is 4.14. The molecule has 0 saturated carbocycles. The monoisotopic (exact) mass is 207 g/mol. The summed E-state index contributed by atoms with van der Waals surface area (Å²) in [6.07, 6.45) is 5.45. The topological polar surface area (TPSA) is 49.0 Å². The van der Waals surface area contributed by atoms with Crippen LogP contribution in [-0.4, -0.2) is 23.3 Å². The first kappa shape index (κ1) is 10.2. The quantitative estimate of drug-likeness (QED) is 0.797. The molecular weight excluding hydrogens is 190 g/mol. The molecule has 1 N–H and O–H groups in total. The number of aromatic nitrogens is 2. The molecule has 1 fully saturated rings. The van der Waals surface area contributed by atoms with Gasteiger partial charge in [0.25, 0.3) is 5.56 Å². The van der Waals surface area contributed by atoms with Gasteiger partial charge in [-0.1, -0.05) is 13.3 Å².